The third-order valence-corrected chi connectivity index (χ3v) is 4.73. The van der Waals surface area contributed by atoms with E-state index in [1.54, 1.807) is 13.0 Å². The summed E-state index contributed by atoms with van der Waals surface area (Å²) in [6.07, 6.45) is -4.02. The van der Waals surface area contributed by atoms with E-state index in [1.165, 1.54) is 13.0 Å². The van der Waals surface area contributed by atoms with Gasteiger partial charge in [-0.3, -0.25) is 0 Å². The van der Waals surface area contributed by atoms with Crippen molar-refractivity contribution in [2.24, 2.45) is 0 Å². The van der Waals surface area contributed by atoms with Crippen LogP contribution in [0, 0.1) is 6.92 Å². The van der Waals surface area contributed by atoms with Crippen molar-refractivity contribution >= 4 is 15.5 Å². The Hall–Kier alpha value is -1.24. The molecule has 20 heavy (non-hydrogen) atoms. The van der Waals surface area contributed by atoms with Gasteiger partial charge in [0.1, 0.15) is 9.84 Å². The number of benzene rings is 1. The average Bonchev–Trinajstić information content (AvgIpc) is 2.35. The average molecular weight is 309 g/mol. The van der Waals surface area contributed by atoms with Crippen LogP contribution in [0.4, 0.5) is 18.9 Å². The van der Waals surface area contributed by atoms with Crippen molar-refractivity contribution < 1.29 is 21.6 Å². The van der Waals surface area contributed by atoms with Crippen LogP contribution in [-0.2, 0) is 16.0 Å². The molecular formula is C13H18F3NO2S. The molecule has 0 saturated carbocycles. The molecule has 1 aromatic carbocycles. The van der Waals surface area contributed by atoms with E-state index in [0.717, 1.165) is 6.07 Å². The Morgan fingerprint density at radius 1 is 1.25 bits per heavy atom. The number of rotatable bonds is 6. The Labute approximate surface area is 117 Å². The molecule has 0 amide bonds. The lowest BCUT2D eigenvalue weighted by Crippen LogP contribution is -2.13. The molecule has 0 saturated heterocycles. The van der Waals surface area contributed by atoms with E-state index < -0.39 is 21.6 Å². The summed E-state index contributed by atoms with van der Waals surface area (Å²) in [5.41, 5.74) is -0.169. The maximum atomic E-state index is 12.7. The summed E-state index contributed by atoms with van der Waals surface area (Å²) in [6.45, 7) is 3.29. The van der Waals surface area contributed by atoms with Crippen LogP contribution in [0.2, 0.25) is 0 Å². The van der Waals surface area contributed by atoms with E-state index in [-0.39, 0.29) is 17.1 Å². The zero-order chi connectivity index (χ0) is 15.4. The fraction of sp³-hybridized carbons (Fsp3) is 0.538. The van der Waals surface area contributed by atoms with Crippen molar-refractivity contribution in [1.82, 2.24) is 0 Å². The van der Waals surface area contributed by atoms with Crippen molar-refractivity contribution in [3.8, 4) is 0 Å². The Kier molecular flexibility index (Phi) is 5.44. The minimum atomic E-state index is -4.38. The number of aryl methyl sites for hydroxylation is 1. The summed E-state index contributed by atoms with van der Waals surface area (Å²) in [5, 5.41) is 2.82. The number of halogens is 3. The summed E-state index contributed by atoms with van der Waals surface area (Å²) in [7, 11) is -3.03. The molecule has 0 aromatic heterocycles. The lowest BCUT2D eigenvalue weighted by molar-refractivity contribution is -0.138. The van der Waals surface area contributed by atoms with E-state index in [2.05, 4.69) is 5.32 Å². The predicted molar refractivity (Wildman–Crippen MR) is 73.6 cm³/mol. The normalized spacial score (nSPS) is 12.4. The first-order valence-corrected chi connectivity index (χ1v) is 8.10. The smallest absolute Gasteiger partial charge is 0.385 e. The number of hydrogen-bond donors (Lipinski definition) is 1. The Balaban J connectivity index is 2.62. The van der Waals surface area contributed by atoms with Crippen LogP contribution in [0.3, 0.4) is 0 Å². The SMILES string of the molecule is CCS(=O)(=O)CCCNc1ccc(C)c(C(F)(F)F)c1. The molecule has 0 heterocycles. The fourth-order valence-electron chi connectivity index (χ4n) is 1.71. The zero-order valence-corrected chi connectivity index (χ0v) is 12.2. The molecule has 0 unspecified atom stereocenters. The van der Waals surface area contributed by atoms with Crippen LogP contribution in [0.1, 0.15) is 24.5 Å². The second-order valence-electron chi connectivity index (χ2n) is 4.54. The van der Waals surface area contributed by atoms with Gasteiger partial charge < -0.3 is 5.32 Å². The topological polar surface area (TPSA) is 46.2 Å². The standard InChI is InChI=1S/C13H18F3NO2S/c1-3-20(18,19)8-4-7-17-11-6-5-10(2)12(9-11)13(14,15)16/h5-6,9,17H,3-4,7-8H2,1-2H3. The van der Waals surface area contributed by atoms with E-state index in [0.29, 0.717) is 18.7 Å². The number of sulfone groups is 1. The van der Waals surface area contributed by atoms with Crippen LogP contribution in [0.5, 0.6) is 0 Å². The highest BCUT2D eigenvalue weighted by Gasteiger charge is 2.32. The van der Waals surface area contributed by atoms with Gasteiger partial charge >= 0.3 is 6.18 Å². The molecule has 1 rings (SSSR count). The summed E-state index contributed by atoms with van der Waals surface area (Å²) in [4.78, 5) is 0. The Bertz CT molecular complexity index is 553. The summed E-state index contributed by atoms with van der Waals surface area (Å²) < 4.78 is 60.7. The van der Waals surface area contributed by atoms with Crippen LogP contribution < -0.4 is 5.32 Å². The number of anilines is 1. The molecule has 3 nitrogen and oxygen atoms in total. The van der Waals surface area contributed by atoms with Crippen LogP contribution in [0.25, 0.3) is 0 Å². The fourth-order valence-corrected chi connectivity index (χ4v) is 2.58. The Morgan fingerprint density at radius 3 is 2.45 bits per heavy atom. The zero-order valence-electron chi connectivity index (χ0n) is 11.4. The van der Waals surface area contributed by atoms with E-state index in [9.17, 15) is 21.6 Å². The highest BCUT2D eigenvalue weighted by molar-refractivity contribution is 7.91. The molecule has 1 aromatic rings. The van der Waals surface area contributed by atoms with Gasteiger partial charge in [0.25, 0.3) is 0 Å². The Morgan fingerprint density at radius 2 is 1.90 bits per heavy atom. The molecule has 0 aliphatic carbocycles. The maximum Gasteiger partial charge on any atom is 0.416 e. The van der Waals surface area contributed by atoms with Crippen molar-refractivity contribution in [1.29, 1.82) is 0 Å². The molecular weight excluding hydrogens is 291 g/mol. The number of alkyl halides is 3. The first-order chi connectivity index (χ1) is 9.15. The van der Waals surface area contributed by atoms with Crippen molar-refractivity contribution in [3.05, 3.63) is 29.3 Å². The van der Waals surface area contributed by atoms with Gasteiger partial charge in [0.15, 0.2) is 0 Å². The van der Waals surface area contributed by atoms with Crippen LogP contribution in [0.15, 0.2) is 18.2 Å². The van der Waals surface area contributed by atoms with E-state index >= 15 is 0 Å². The summed E-state index contributed by atoms with van der Waals surface area (Å²) in [5.74, 6) is 0.115. The predicted octanol–water partition coefficient (Wildman–Crippen LogP) is 3.25. The van der Waals surface area contributed by atoms with Gasteiger partial charge in [-0.1, -0.05) is 13.0 Å². The molecule has 1 N–H and O–H groups in total. The van der Waals surface area contributed by atoms with Gasteiger partial charge in [-0.15, -0.1) is 0 Å². The molecule has 0 atom stereocenters. The molecule has 0 bridgehead atoms. The van der Waals surface area contributed by atoms with Gasteiger partial charge in [-0.05, 0) is 31.0 Å². The lowest BCUT2D eigenvalue weighted by Gasteiger charge is -2.13. The van der Waals surface area contributed by atoms with E-state index in [1.807, 2.05) is 0 Å². The molecule has 114 valence electrons. The van der Waals surface area contributed by atoms with Gasteiger partial charge in [-0.25, -0.2) is 8.42 Å². The monoisotopic (exact) mass is 309 g/mol. The van der Waals surface area contributed by atoms with Gasteiger partial charge in [0.2, 0.25) is 0 Å². The molecule has 0 fully saturated rings. The summed E-state index contributed by atoms with van der Waals surface area (Å²) >= 11 is 0. The van der Waals surface area contributed by atoms with E-state index in [4.69, 9.17) is 0 Å². The summed E-state index contributed by atoms with van der Waals surface area (Å²) in [6, 6.07) is 4.00. The maximum absolute atomic E-state index is 12.7. The molecule has 0 spiro atoms. The van der Waals surface area contributed by atoms with Crippen molar-refractivity contribution in [2.45, 2.75) is 26.4 Å². The first kappa shape index (κ1) is 16.8. The minimum absolute atomic E-state index is 0.0362. The van der Waals surface area contributed by atoms with Crippen LogP contribution in [-0.4, -0.2) is 26.5 Å². The minimum Gasteiger partial charge on any atom is -0.385 e. The third kappa shape index (κ3) is 5.03. The molecule has 0 aliphatic heterocycles. The largest absolute Gasteiger partial charge is 0.416 e. The van der Waals surface area contributed by atoms with Gasteiger partial charge in [-0.2, -0.15) is 13.2 Å². The molecule has 0 radical (unpaired) electrons. The second-order valence-corrected chi connectivity index (χ2v) is 7.02. The first-order valence-electron chi connectivity index (χ1n) is 6.28. The van der Waals surface area contributed by atoms with Crippen molar-refractivity contribution in [3.63, 3.8) is 0 Å². The number of hydrogen-bond acceptors (Lipinski definition) is 3. The highest BCUT2D eigenvalue weighted by atomic mass is 32.2. The van der Waals surface area contributed by atoms with Crippen LogP contribution >= 0.6 is 0 Å². The van der Waals surface area contributed by atoms with Gasteiger partial charge in [0.05, 0.1) is 11.3 Å². The molecule has 7 heteroatoms. The lowest BCUT2D eigenvalue weighted by atomic mass is 10.1. The quantitative estimate of drug-likeness (QED) is 0.821. The number of nitrogens with one attached hydrogen (secondary N) is 1. The second kappa shape index (κ2) is 6.47. The van der Waals surface area contributed by atoms with Gasteiger partial charge in [0, 0.05) is 18.0 Å². The molecule has 0 aliphatic rings. The highest BCUT2D eigenvalue weighted by Crippen LogP contribution is 2.33. The van der Waals surface area contributed by atoms with Crippen molar-refractivity contribution in [2.75, 3.05) is 23.4 Å². The third-order valence-electron chi connectivity index (χ3n) is 2.94.